The molecule has 106 valence electrons. The van der Waals surface area contributed by atoms with Crippen molar-refractivity contribution in [2.45, 2.75) is 39.3 Å². The van der Waals surface area contributed by atoms with Gasteiger partial charge < -0.3 is 10.6 Å². The highest BCUT2D eigenvalue weighted by Gasteiger charge is 2.28. The van der Waals surface area contributed by atoms with Gasteiger partial charge in [0.15, 0.2) is 0 Å². The molecule has 6 heteroatoms. The predicted octanol–water partition coefficient (Wildman–Crippen LogP) is 1.59. The number of hydrogen-bond donors (Lipinski definition) is 1. The van der Waals surface area contributed by atoms with E-state index in [0.717, 1.165) is 31.6 Å². The van der Waals surface area contributed by atoms with E-state index in [0.29, 0.717) is 16.9 Å². The Labute approximate surface area is 121 Å². The Hall–Kier alpha value is -0.880. The first kappa shape index (κ1) is 14.5. The van der Waals surface area contributed by atoms with E-state index < -0.39 is 0 Å². The summed E-state index contributed by atoms with van der Waals surface area (Å²) >= 11 is 3.42. The summed E-state index contributed by atoms with van der Waals surface area (Å²) in [4.78, 5) is 14.3. The molecule has 0 aliphatic carbocycles. The van der Waals surface area contributed by atoms with Crippen molar-refractivity contribution in [1.29, 1.82) is 0 Å². The van der Waals surface area contributed by atoms with E-state index in [9.17, 15) is 4.79 Å². The van der Waals surface area contributed by atoms with Crippen molar-refractivity contribution in [3.05, 3.63) is 21.0 Å². The lowest BCUT2D eigenvalue weighted by Gasteiger charge is -2.19. The summed E-state index contributed by atoms with van der Waals surface area (Å²) in [6, 6.07) is 0.162. The van der Waals surface area contributed by atoms with Gasteiger partial charge in [-0.1, -0.05) is 20.3 Å². The van der Waals surface area contributed by atoms with E-state index in [-0.39, 0.29) is 11.6 Å². The van der Waals surface area contributed by atoms with Gasteiger partial charge in [0.2, 0.25) is 0 Å². The zero-order valence-electron chi connectivity index (χ0n) is 11.5. The second-order valence-corrected chi connectivity index (χ2v) is 6.06. The first-order chi connectivity index (χ1) is 9.04. The summed E-state index contributed by atoms with van der Waals surface area (Å²) in [7, 11) is 0. The molecule has 5 nitrogen and oxygen atoms in total. The van der Waals surface area contributed by atoms with Crippen molar-refractivity contribution in [3.8, 4) is 0 Å². The Kier molecular flexibility index (Phi) is 4.62. The predicted molar refractivity (Wildman–Crippen MR) is 80.5 cm³/mol. The third-order valence-corrected chi connectivity index (χ3v) is 4.45. The van der Waals surface area contributed by atoms with E-state index in [1.807, 2.05) is 0 Å². The smallest absolute Gasteiger partial charge is 0.283 e. The molecule has 1 aliphatic heterocycles. The monoisotopic (exact) mass is 328 g/mol. The lowest BCUT2D eigenvalue weighted by Crippen LogP contribution is -2.31. The van der Waals surface area contributed by atoms with E-state index >= 15 is 0 Å². The van der Waals surface area contributed by atoms with Crippen molar-refractivity contribution >= 4 is 21.6 Å². The molecule has 1 fully saturated rings. The van der Waals surface area contributed by atoms with Gasteiger partial charge in [-0.3, -0.25) is 4.79 Å². The quantitative estimate of drug-likeness (QED) is 0.911. The Morgan fingerprint density at radius 3 is 2.84 bits per heavy atom. The molecule has 2 unspecified atom stereocenters. The summed E-state index contributed by atoms with van der Waals surface area (Å²) in [6.07, 6.45) is 3.78. The first-order valence-corrected chi connectivity index (χ1v) is 7.60. The van der Waals surface area contributed by atoms with Crippen LogP contribution in [-0.2, 0) is 6.54 Å². The minimum absolute atomic E-state index is 0.0564. The number of rotatable bonds is 4. The van der Waals surface area contributed by atoms with E-state index in [2.05, 4.69) is 39.8 Å². The molecule has 1 saturated heterocycles. The molecule has 0 saturated carbocycles. The number of aryl methyl sites for hydroxylation is 1. The van der Waals surface area contributed by atoms with Gasteiger partial charge in [0.05, 0.1) is 11.9 Å². The molecule has 1 aromatic rings. The average molecular weight is 329 g/mol. The van der Waals surface area contributed by atoms with Crippen LogP contribution < -0.4 is 16.2 Å². The van der Waals surface area contributed by atoms with E-state index in [1.165, 1.54) is 4.68 Å². The van der Waals surface area contributed by atoms with Gasteiger partial charge in [-0.05, 0) is 28.3 Å². The largest absolute Gasteiger partial charge is 0.367 e. The van der Waals surface area contributed by atoms with Crippen LogP contribution >= 0.6 is 15.9 Å². The molecule has 0 radical (unpaired) electrons. The number of nitrogens with zero attached hydrogens (tertiary/aromatic N) is 3. The summed E-state index contributed by atoms with van der Waals surface area (Å²) in [5, 5.41) is 4.26. The fourth-order valence-corrected chi connectivity index (χ4v) is 2.89. The van der Waals surface area contributed by atoms with Gasteiger partial charge in [-0.25, -0.2) is 4.68 Å². The van der Waals surface area contributed by atoms with Gasteiger partial charge in [0, 0.05) is 25.7 Å². The lowest BCUT2D eigenvalue weighted by molar-refractivity contribution is 0.540. The van der Waals surface area contributed by atoms with Gasteiger partial charge in [-0.15, -0.1) is 0 Å². The summed E-state index contributed by atoms with van der Waals surface area (Å²) in [5.41, 5.74) is 6.83. The van der Waals surface area contributed by atoms with E-state index in [1.54, 1.807) is 6.20 Å². The molecule has 1 aromatic heterocycles. The molecule has 0 bridgehead atoms. The molecule has 2 N–H and O–H groups in total. The Morgan fingerprint density at radius 1 is 1.53 bits per heavy atom. The highest BCUT2D eigenvalue weighted by molar-refractivity contribution is 9.10. The molecule has 1 aliphatic rings. The molecular formula is C13H21BrN4O. The zero-order valence-corrected chi connectivity index (χ0v) is 13.1. The standard InChI is InChI=1S/C13H21BrN4O/c1-3-4-5-18-13(19)12(14)11(6-16-18)17-7-9(2)10(15)8-17/h6,9-10H,3-5,7-8,15H2,1-2H3. The Bertz CT molecular complexity index is 492. The summed E-state index contributed by atoms with van der Waals surface area (Å²) in [5.74, 6) is 0.439. The third-order valence-electron chi connectivity index (χ3n) is 3.70. The SMILES string of the molecule is CCCCn1ncc(N2CC(C)C(N)C2)c(Br)c1=O. The van der Waals surface area contributed by atoms with Crippen molar-refractivity contribution < 1.29 is 0 Å². The molecule has 0 amide bonds. The van der Waals surface area contributed by atoms with Crippen molar-refractivity contribution in [3.63, 3.8) is 0 Å². The second-order valence-electron chi connectivity index (χ2n) is 5.27. The topological polar surface area (TPSA) is 64.2 Å². The van der Waals surface area contributed by atoms with Crippen molar-refractivity contribution in [2.75, 3.05) is 18.0 Å². The molecule has 2 atom stereocenters. The van der Waals surface area contributed by atoms with Gasteiger partial charge in [0.25, 0.3) is 5.56 Å². The number of aromatic nitrogens is 2. The van der Waals surface area contributed by atoms with Crippen LogP contribution in [-0.4, -0.2) is 28.9 Å². The third kappa shape index (κ3) is 3.00. The minimum Gasteiger partial charge on any atom is -0.367 e. The van der Waals surface area contributed by atoms with Crippen molar-refractivity contribution in [1.82, 2.24) is 9.78 Å². The van der Waals surface area contributed by atoms with Gasteiger partial charge in [0.1, 0.15) is 4.47 Å². The van der Waals surface area contributed by atoms with Crippen LogP contribution in [0.5, 0.6) is 0 Å². The van der Waals surface area contributed by atoms with Crippen LogP contribution in [0.3, 0.4) is 0 Å². The molecule has 2 heterocycles. The molecule has 19 heavy (non-hydrogen) atoms. The summed E-state index contributed by atoms with van der Waals surface area (Å²) < 4.78 is 2.12. The van der Waals surface area contributed by atoms with Gasteiger partial charge in [-0.2, -0.15) is 5.10 Å². The average Bonchev–Trinajstić information content (AvgIpc) is 2.71. The first-order valence-electron chi connectivity index (χ1n) is 6.80. The number of hydrogen-bond acceptors (Lipinski definition) is 4. The zero-order chi connectivity index (χ0) is 14.0. The number of anilines is 1. The number of nitrogens with two attached hydrogens (primary N) is 1. The fraction of sp³-hybridized carbons (Fsp3) is 0.692. The maximum absolute atomic E-state index is 12.2. The van der Waals surface area contributed by atoms with Crippen LogP contribution in [0.1, 0.15) is 26.7 Å². The van der Waals surface area contributed by atoms with Crippen molar-refractivity contribution in [2.24, 2.45) is 11.7 Å². The highest BCUT2D eigenvalue weighted by Crippen LogP contribution is 2.27. The van der Waals surface area contributed by atoms with Gasteiger partial charge >= 0.3 is 0 Å². The number of unbranched alkanes of at least 4 members (excludes halogenated alkanes) is 1. The molecule has 2 rings (SSSR count). The van der Waals surface area contributed by atoms with E-state index in [4.69, 9.17) is 5.73 Å². The second kappa shape index (κ2) is 6.05. The minimum atomic E-state index is -0.0564. The Balaban J connectivity index is 2.24. The fourth-order valence-electron chi connectivity index (χ4n) is 2.33. The maximum Gasteiger partial charge on any atom is 0.283 e. The van der Waals surface area contributed by atoms with Crippen LogP contribution in [0.2, 0.25) is 0 Å². The van der Waals surface area contributed by atoms with Crippen LogP contribution in [0.25, 0.3) is 0 Å². The lowest BCUT2D eigenvalue weighted by atomic mass is 10.1. The highest BCUT2D eigenvalue weighted by atomic mass is 79.9. The maximum atomic E-state index is 12.2. The summed E-state index contributed by atoms with van der Waals surface area (Å²) in [6.45, 7) is 6.56. The molecule has 0 spiro atoms. The van der Waals surface area contributed by atoms with Crippen LogP contribution in [0.4, 0.5) is 5.69 Å². The molecule has 0 aromatic carbocycles. The number of halogens is 1. The van der Waals surface area contributed by atoms with Crippen LogP contribution in [0, 0.1) is 5.92 Å². The normalized spacial score (nSPS) is 23.1. The Morgan fingerprint density at radius 2 is 2.26 bits per heavy atom. The van der Waals surface area contributed by atoms with Crippen LogP contribution in [0.15, 0.2) is 15.5 Å². The molecular weight excluding hydrogens is 308 g/mol.